The number of aromatic nitrogens is 5. The monoisotopic (exact) mass is 376 g/mol. The Kier molecular flexibility index (Phi) is 3.32. The fraction of sp³-hybridized carbons (Fsp3) is 0.588. The van der Waals surface area contributed by atoms with E-state index in [1.54, 1.807) is 7.05 Å². The van der Waals surface area contributed by atoms with Crippen molar-refractivity contribution in [1.29, 1.82) is 0 Å². The molecule has 8 nitrogen and oxygen atoms in total. The third kappa shape index (κ3) is 2.49. The highest BCUT2D eigenvalue weighted by molar-refractivity contribution is 5.68. The van der Waals surface area contributed by atoms with Gasteiger partial charge >= 0.3 is 5.97 Å². The van der Waals surface area contributed by atoms with E-state index in [1.807, 2.05) is 4.90 Å². The average Bonchev–Trinajstić information content (AvgIpc) is 3.03. The predicted molar refractivity (Wildman–Crippen MR) is 89.2 cm³/mol. The number of halogens is 2. The molecule has 0 aromatic carbocycles. The van der Waals surface area contributed by atoms with E-state index in [-0.39, 0.29) is 36.7 Å². The lowest BCUT2D eigenvalue weighted by molar-refractivity contribution is -0.137. The van der Waals surface area contributed by atoms with Crippen molar-refractivity contribution in [3.63, 3.8) is 0 Å². The lowest BCUT2D eigenvalue weighted by Crippen LogP contribution is -2.27. The standard InChI is InChI=1S/C17H18F2N6O2/c1-24-12(5-20-23-24)15-21-14-8(2-3-17(14,18)19)16(22-15)25-6-10-9(4-13(26)27)11(10)7-25/h5,9-11H,2-4,6-7H2,1H3,(H,26,27)/t9?,10-,11+. The third-order valence-corrected chi connectivity index (χ3v) is 6.05. The molecule has 0 amide bonds. The van der Waals surface area contributed by atoms with Crippen LogP contribution < -0.4 is 4.90 Å². The molecule has 27 heavy (non-hydrogen) atoms. The van der Waals surface area contributed by atoms with E-state index in [0.29, 0.717) is 42.0 Å². The summed E-state index contributed by atoms with van der Waals surface area (Å²) in [6, 6.07) is 0. The van der Waals surface area contributed by atoms with Gasteiger partial charge in [0.1, 0.15) is 17.2 Å². The van der Waals surface area contributed by atoms with Crippen LogP contribution in [0.2, 0.25) is 0 Å². The molecule has 10 heteroatoms. The molecule has 2 fully saturated rings. The van der Waals surface area contributed by atoms with Crippen LogP contribution in [0.1, 0.15) is 24.1 Å². The number of alkyl halides is 2. The molecule has 1 saturated heterocycles. The van der Waals surface area contributed by atoms with Crippen LogP contribution in [0.15, 0.2) is 6.20 Å². The van der Waals surface area contributed by atoms with Gasteiger partial charge in [-0.3, -0.25) is 4.79 Å². The lowest BCUT2D eigenvalue weighted by Gasteiger charge is -2.24. The minimum absolute atomic E-state index is 0.176. The van der Waals surface area contributed by atoms with Gasteiger partial charge in [-0.05, 0) is 24.2 Å². The first kappa shape index (κ1) is 16.5. The number of aryl methyl sites for hydroxylation is 1. The highest BCUT2D eigenvalue weighted by atomic mass is 19.3. The second kappa shape index (κ2) is 5.43. The zero-order valence-corrected chi connectivity index (χ0v) is 14.6. The first-order valence-electron chi connectivity index (χ1n) is 8.96. The number of aliphatic carboxylic acids is 1. The van der Waals surface area contributed by atoms with Gasteiger partial charge in [0.2, 0.25) is 0 Å². The summed E-state index contributed by atoms with van der Waals surface area (Å²) in [6.07, 6.45) is 1.61. The molecular formula is C17H18F2N6O2. The number of rotatable bonds is 4. The summed E-state index contributed by atoms with van der Waals surface area (Å²) in [6.45, 7) is 1.31. The topological polar surface area (TPSA) is 97.0 Å². The molecule has 0 bridgehead atoms. The quantitative estimate of drug-likeness (QED) is 0.863. The van der Waals surface area contributed by atoms with Crippen molar-refractivity contribution in [2.75, 3.05) is 18.0 Å². The molecule has 2 aromatic heterocycles. The Hall–Kier alpha value is -2.65. The molecule has 3 aliphatic rings. The van der Waals surface area contributed by atoms with Crippen molar-refractivity contribution in [2.45, 2.75) is 25.2 Å². The molecule has 1 saturated carbocycles. The lowest BCUT2D eigenvalue weighted by atomic mass is 10.1. The summed E-state index contributed by atoms with van der Waals surface area (Å²) in [5.74, 6) is -2.21. The molecule has 3 heterocycles. The van der Waals surface area contributed by atoms with Crippen molar-refractivity contribution >= 4 is 11.8 Å². The number of anilines is 1. The number of carboxylic acids is 1. The SMILES string of the molecule is Cn1nncc1-c1nc(N2C[C@@H]3C(CC(=O)O)[C@@H]3C2)c2c(n1)C(F)(F)CC2. The number of hydrogen-bond acceptors (Lipinski definition) is 6. The zero-order valence-electron chi connectivity index (χ0n) is 14.6. The number of carboxylic acid groups (broad SMARTS) is 1. The van der Waals surface area contributed by atoms with Gasteiger partial charge in [-0.25, -0.2) is 14.6 Å². The van der Waals surface area contributed by atoms with E-state index in [2.05, 4.69) is 20.3 Å². The maximum atomic E-state index is 14.4. The molecule has 1 unspecified atom stereocenters. The smallest absolute Gasteiger partial charge is 0.303 e. The summed E-state index contributed by atoms with van der Waals surface area (Å²) < 4.78 is 30.3. The average molecular weight is 376 g/mol. The summed E-state index contributed by atoms with van der Waals surface area (Å²) >= 11 is 0. The molecule has 2 aliphatic carbocycles. The number of nitrogens with zero attached hydrogens (tertiary/aromatic N) is 6. The van der Waals surface area contributed by atoms with Crippen LogP contribution >= 0.6 is 0 Å². The first-order chi connectivity index (χ1) is 12.8. The molecular weight excluding hydrogens is 358 g/mol. The second-order valence-electron chi connectivity index (χ2n) is 7.64. The van der Waals surface area contributed by atoms with Gasteiger partial charge < -0.3 is 10.0 Å². The Morgan fingerprint density at radius 1 is 1.33 bits per heavy atom. The van der Waals surface area contributed by atoms with Gasteiger partial charge in [-0.15, -0.1) is 5.10 Å². The Balaban J connectivity index is 1.51. The Bertz CT molecular complexity index is 934. The minimum atomic E-state index is -2.97. The van der Waals surface area contributed by atoms with Gasteiger partial charge in [-0.2, -0.15) is 8.78 Å². The fourth-order valence-electron chi connectivity index (χ4n) is 4.60. The van der Waals surface area contributed by atoms with Gasteiger partial charge in [0, 0.05) is 38.5 Å². The first-order valence-corrected chi connectivity index (χ1v) is 8.96. The van der Waals surface area contributed by atoms with Gasteiger partial charge in [-0.1, -0.05) is 5.21 Å². The normalized spacial score (nSPS) is 27.5. The summed E-state index contributed by atoms with van der Waals surface area (Å²) in [4.78, 5) is 21.7. The van der Waals surface area contributed by atoms with Gasteiger partial charge in [0.05, 0.1) is 6.20 Å². The van der Waals surface area contributed by atoms with Crippen LogP contribution in [0.25, 0.3) is 11.5 Å². The van der Waals surface area contributed by atoms with Crippen molar-refractivity contribution < 1.29 is 18.7 Å². The largest absolute Gasteiger partial charge is 0.481 e. The van der Waals surface area contributed by atoms with Crippen LogP contribution in [0.4, 0.5) is 14.6 Å². The molecule has 0 radical (unpaired) electrons. The molecule has 0 spiro atoms. The number of piperidine rings is 1. The van der Waals surface area contributed by atoms with Crippen LogP contribution in [0.5, 0.6) is 0 Å². The Morgan fingerprint density at radius 3 is 2.70 bits per heavy atom. The van der Waals surface area contributed by atoms with Crippen LogP contribution in [-0.2, 0) is 24.2 Å². The van der Waals surface area contributed by atoms with Crippen molar-refractivity contribution in [3.05, 3.63) is 17.5 Å². The number of carbonyl (C=O) groups is 1. The number of hydrogen-bond donors (Lipinski definition) is 1. The van der Waals surface area contributed by atoms with Crippen LogP contribution in [0, 0.1) is 17.8 Å². The Morgan fingerprint density at radius 2 is 2.07 bits per heavy atom. The van der Waals surface area contributed by atoms with E-state index in [0.717, 1.165) is 0 Å². The maximum Gasteiger partial charge on any atom is 0.303 e. The molecule has 1 N–H and O–H groups in total. The highest BCUT2D eigenvalue weighted by Crippen LogP contribution is 2.55. The minimum Gasteiger partial charge on any atom is -0.481 e. The van der Waals surface area contributed by atoms with Crippen LogP contribution in [-0.4, -0.2) is 49.1 Å². The van der Waals surface area contributed by atoms with Crippen molar-refractivity contribution in [1.82, 2.24) is 25.0 Å². The van der Waals surface area contributed by atoms with E-state index in [9.17, 15) is 13.6 Å². The molecule has 1 aliphatic heterocycles. The predicted octanol–water partition coefficient (Wildman–Crippen LogP) is 1.47. The van der Waals surface area contributed by atoms with E-state index in [1.165, 1.54) is 10.9 Å². The zero-order chi connectivity index (χ0) is 18.9. The van der Waals surface area contributed by atoms with Crippen molar-refractivity contribution in [3.8, 4) is 11.5 Å². The van der Waals surface area contributed by atoms with E-state index < -0.39 is 11.9 Å². The maximum absolute atomic E-state index is 14.4. The molecule has 5 rings (SSSR count). The summed E-state index contributed by atoms with van der Waals surface area (Å²) in [5, 5.41) is 16.6. The third-order valence-electron chi connectivity index (χ3n) is 6.05. The fourth-order valence-corrected chi connectivity index (χ4v) is 4.60. The summed E-state index contributed by atoms with van der Waals surface area (Å²) in [5.41, 5.74) is 0.788. The Labute approximate surface area is 153 Å². The van der Waals surface area contributed by atoms with Crippen LogP contribution in [0.3, 0.4) is 0 Å². The van der Waals surface area contributed by atoms with Gasteiger partial charge in [0.25, 0.3) is 5.92 Å². The van der Waals surface area contributed by atoms with Crippen molar-refractivity contribution in [2.24, 2.45) is 24.8 Å². The second-order valence-corrected chi connectivity index (χ2v) is 7.64. The molecule has 2 aromatic rings. The van der Waals surface area contributed by atoms with E-state index >= 15 is 0 Å². The van der Waals surface area contributed by atoms with Gasteiger partial charge in [0.15, 0.2) is 5.82 Å². The summed E-state index contributed by atoms with van der Waals surface area (Å²) in [7, 11) is 1.66. The highest BCUT2D eigenvalue weighted by Gasteiger charge is 2.57. The molecule has 3 atom stereocenters. The molecule has 142 valence electrons. The van der Waals surface area contributed by atoms with E-state index in [4.69, 9.17) is 5.11 Å². The number of fused-ring (bicyclic) bond motifs is 2.